The molecule has 0 spiro atoms. The third kappa shape index (κ3) is 2.04. The minimum absolute atomic E-state index is 0.203. The molecule has 0 saturated heterocycles. The highest BCUT2D eigenvalue weighted by Crippen LogP contribution is 2.46. The summed E-state index contributed by atoms with van der Waals surface area (Å²) in [6.45, 7) is 0.414. The summed E-state index contributed by atoms with van der Waals surface area (Å²) in [5, 5.41) is 0. The number of rotatable bonds is 5. The minimum atomic E-state index is -1.28. The second-order valence-corrected chi connectivity index (χ2v) is 4.81. The Balaban J connectivity index is 1.87. The van der Waals surface area contributed by atoms with E-state index in [-0.39, 0.29) is 5.78 Å². The van der Waals surface area contributed by atoms with E-state index in [1.165, 1.54) is 14.2 Å². The first-order valence-electron chi connectivity index (χ1n) is 6.68. The number of benzene rings is 2. The monoisotopic (exact) mass is 284 g/mol. The predicted molar refractivity (Wildman–Crippen MR) is 77.2 cm³/mol. The number of ketones is 1. The van der Waals surface area contributed by atoms with E-state index in [1.54, 1.807) is 6.07 Å². The molecule has 2 aromatic rings. The molecule has 21 heavy (non-hydrogen) atoms. The fraction of sp³-hybridized carbons (Fsp3) is 0.235. The van der Waals surface area contributed by atoms with Crippen molar-refractivity contribution in [1.82, 2.24) is 0 Å². The van der Waals surface area contributed by atoms with E-state index in [0.29, 0.717) is 23.5 Å². The third-order valence-corrected chi connectivity index (χ3v) is 3.72. The van der Waals surface area contributed by atoms with Gasteiger partial charge in [0.05, 0.1) is 5.56 Å². The van der Waals surface area contributed by atoms with Crippen LogP contribution in [0.2, 0.25) is 0 Å². The van der Waals surface area contributed by atoms with Crippen LogP contribution in [-0.2, 0) is 21.9 Å². The molecule has 0 heterocycles. The topological polar surface area (TPSA) is 44.8 Å². The van der Waals surface area contributed by atoms with Gasteiger partial charge in [0.25, 0.3) is 5.79 Å². The molecule has 0 atom stereocenters. The Kier molecular flexibility index (Phi) is 3.49. The average molecular weight is 284 g/mol. The largest absolute Gasteiger partial charge is 0.488 e. The van der Waals surface area contributed by atoms with Gasteiger partial charge in [0.15, 0.2) is 0 Å². The zero-order valence-electron chi connectivity index (χ0n) is 12.0. The Morgan fingerprint density at radius 1 is 0.952 bits per heavy atom. The minimum Gasteiger partial charge on any atom is -0.488 e. The van der Waals surface area contributed by atoms with Gasteiger partial charge in [-0.05, 0) is 11.6 Å². The molecule has 2 aromatic carbocycles. The maximum Gasteiger partial charge on any atom is 0.261 e. The molecule has 0 aromatic heterocycles. The van der Waals surface area contributed by atoms with Crippen LogP contribution in [0.4, 0.5) is 0 Å². The van der Waals surface area contributed by atoms with E-state index in [4.69, 9.17) is 14.2 Å². The van der Waals surface area contributed by atoms with Crippen molar-refractivity contribution in [3.63, 3.8) is 0 Å². The Morgan fingerprint density at radius 2 is 1.67 bits per heavy atom. The molecule has 1 aliphatic rings. The highest BCUT2D eigenvalue weighted by molar-refractivity contribution is 6.13. The van der Waals surface area contributed by atoms with Crippen molar-refractivity contribution >= 4 is 5.78 Å². The Bertz CT molecular complexity index is 660. The van der Waals surface area contributed by atoms with Crippen LogP contribution in [0.15, 0.2) is 48.5 Å². The number of methoxy groups -OCH3 is 2. The molecule has 0 unspecified atom stereocenters. The van der Waals surface area contributed by atoms with Crippen molar-refractivity contribution in [3.05, 3.63) is 65.2 Å². The summed E-state index contributed by atoms with van der Waals surface area (Å²) in [4.78, 5) is 12.3. The number of fused-ring (bicyclic) bond motifs is 1. The fourth-order valence-corrected chi connectivity index (χ4v) is 2.61. The van der Waals surface area contributed by atoms with Gasteiger partial charge in [0, 0.05) is 19.8 Å². The summed E-state index contributed by atoms with van der Waals surface area (Å²) in [5.74, 6) is -0.918. The fourth-order valence-electron chi connectivity index (χ4n) is 2.61. The molecule has 0 fully saturated rings. The van der Waals surface area contributed by atoms with Crippen molar-refractivity contribution in [3.8, 4) is 5.75 Å². The third-order valence-electron chi connectivity index (χ3n) is 3.72. The first kappa shape index (κ1) is 13.8. The van der Waals surface area contributed by atoms with Crippen molar-refractivity contribution in [2.45, 2.75) is 12.4 Å². The molecule has 4 heteroatoms. The standard InChI is InChI=1S/C17H16O4/c1-19-17(20-2)13-9-6-10-14(15(13)16(17)18)21-11-12-7-4-3-5-8-12/h3-10H,11H2,1-2H3. The molecule has 0 N–H and O–H groups in total. The smallest absolute Gasteiger partial charge is 0.261 e. The van der Waals surface area contributed by atoms with Gasteiger partial charge in [0.1, 0.15) is 12.4 Å². The molecule has 0 amide bonds. The van der Waals surface area contributed by atoms with Crippen LogP contribution in [-0.4, -0.2) is 20.0 Å². The second kappa shape index (κ2) is 5.31. The predicted octanol–water partition coefficient (Wildman–Crippen LogP) is 2.91. The van der Waals surface area contributed by atoms with Crippen LogP contribution >= 0.6 is 0 Å². The lowest BCUT2D eigenvalue weighted by Crippen LogP contribution is -2.49. The van der Waals surface area contributed by atoms with Crippen molar-refractivity contribution in [2.24, 2.45) is 0 Å². The molecule has 3 rings (SSSR count). The van der Waals surface area contributed by atoms with E-state index in [1.807, 2.05) is 42.5 Å². The zero-order valence-corrected chi connectivity index (χ0v) is 12.0. The van der Waals surface area contributed by atoms with E-state index in [2.05, 4.69) is 0 Å². The molecular formula is C17H16O4. The van der Waals surface area contributed by atoms with Crippen LogP contribution in [0, 0.1) is 0 Å². The van der Waals surface area contributed by atoms with Gasteiger partial charge in [-0.15, -0.1) is 0 Å². The number of ether oxygens (including phenoxy) is 3. The summed E-state index contributed by atoms with van der Waals surface area (Å²) in [6.07, 6.45) is 0. The van der Waals surface area contributed by atoms with Crippen LogP contribution in [0.25, 0.3) is 0 Å². The summed E-state index contributed by atoms with van der Waals surface area (Å²) < 4.78 is 16.3. The molecule has 1 aliphatic carbocycles. The van der Waals surface area contributed by atoms with Crippen LogP contribution in [0.5, 0.6) is 5.75 Å². The molecule has 0 saturated carbocycles. The highest BCUT2D eigenvalue weighted by atomic mass is 16.7. The quantitative estimate of drug-likeness (QED) is 0.792. The number of Topliss-reactive ketones (excluding diaryl/α,β-unsaturated/α-hetero) is 1. The van der Waals surface area contributed by atoms with Gasteiger partial charge in [0.2, 0.25) is 5.78 Å². The van der Waals surface area contributed by atoms with Gasteiger partial charge in [-0.3, -0.25) is 4.79 Å². The van der Waals surface area contributed by atoms with Gasteiger partial charge < -0.3 is 14.2 Å². The number of hydrogen-bond acceptors (Lipinski definition) is 4. The van der Waals surface area contributed by atoms with Gasteiger partial charge >= 0.3 is 0 Å². The lowest BCUT2D eigenvalue weighted by atomic mass is 9.79. The Morgan fingerprint density at radius 3 is 2.33 bits per heavy atom. The molecule has 0 bridgehead atoms. The number of hydrogen-bond donors (Lipinski definition) is 0. The van der Waals surface area contributed by atoms with Crippen LogP contribution < -0.4 is 4.74 Å². The van der Waals surface area contributed by atoms with Crippen molar-refractivity contribution < 1.29 is 19.0 Å². The molecule has 0 aliphatic heterocycles. The second-order valence-electron chi connectivity index (χ2n) is 4.81. The van der Waals surface area contributed by atoms with E-state index in [9.17, 15) is 4.79 Å². The normalized spacial score (nSPS) is 15.2. The average Bonchev–Trinajstić information content (AvgIpc) is 2.54. The SMILES string of the molecule is COC1(OC)C(=O)c2c(OCc3ccccc3)cccc21. The van der Waals surface area contributed by atoms with E-state index in [0.717, 1.165) is 5.56 Å². The van der Waals surface area contributed by atoms with Gasteiger partial charge in [-0.25, -0.2) is 0 Å². The summed E-state index contributed by atoms with van der Waals surface area (Å²) in [5.41, 5.74) is 2.30. The number of carbonyl (C=O) groups is 1. The maximum absolute atomic E-state index is 12.3. The Labute approximate surface area is 123 Å². The van der Waals surface area contributed by atoms with E-state index >= 15 is 0 Å². The Hall–Kier alpha value is -2.17. The molecule has 4 nitrogen and oxygen atoms in total. The maximum atomic E-state index is 12.3. The van der Waals surface area contributed by atoms with Crippen LogP contribution in [0.1, 0.15) is 21.5 Å². The summed E-state index contributed by atoms with van der Waals surface area (Å²) in [7, 11) is 2.92. The molecular weight excluding hydrogens is 268 g/mol. The van der Waals surface area contributed by atoms with Crippen molar-refractivity contribution in [2.75, 3.05) is 14.2 Å². The first-order chi connectivity index (χ1) is 10.2. The first-order valence-corrected chi connectivity index (χ1v) is 6.68. The van der Waals surface area contributed by atoms with Gasteiger partial charge in [-0.2, -0.15) is 0 Å². The molecule has 0 radical (unpaired) electrons. The molecule has 108 valence electrons. The summed E-state index contributed by atoms with van der Waals surface area (Å²) in [6, 6.07) is 15.2. The van der Waals surface area contributed by atoms with Gasteiger partial charge in [-0.1, -0.05) is 42.5 Å². The highest BCUT2D eigenvalue weighted by Gasteiger charge is 2.55. The lowest BCUT2D eigenvalue weighted by Gasteiger charge is -2.39. The van der Waals surface area contributed by atoms with E-state index < -0.39 is 5.79 Å². The lowest BCUT2D eigenvalue weighted by molar-refractivity contribution is -0.186. The zero-order chi connectivity index (χ0) is 14.9. The summed E-state index contributed by atoms with van der Waals surface area (Å²) >= 11 is 0. The van der Waals surface area contributed by atoms with Crippen LogP contribution in [0.3, 0.4) is 0 Å². The number of carbonyl (C=O) groups excluding carboxylic acids is 1. The van der Waals surface area contributed by atoms with Crippen molar-refractivity contribution in [1.29, 1.82) is 0 Å².